The Morgan fingerprint density at radius 2 is 1.70 bits per heavy atom. The van der Waals surface area contributed by atoms with E-state index in [1.54, 1.807) is 60.9 Å². The van der Waals surface area contributed by atoms with Gasteiger partial charge in [0.1, 0.15) is 5.82 Å². The summed E-state index contributed by atoms with van der Waals surface area (Å²) >= 11 is -2.44. The van der Waals surface area contributed by atoms with Crippen LogP contribution in [0.25, 0.3) is 0 Å². The van der Waals surface area contributed by atoms with E-state index < -0.39 is 34.9 Å². The molecule has 0 amide bonds. The molecule has 1 N–H and O–H groups in total. The summed E-state index contributed by atoms with van der Waals surface area (Å²) in [4.78, 5) is 12.7. The molecule has 0 aliphatic carbocycles. The van der Waals surface area contributed by atoms with Crippen molar-refractivity contribution >= 4 is 11.3 Å². The third kappa shape index (κ3) is 5.51. The van der Waals surface area contributed by atoms with Crippen molar-refractivity contribution in [2.75, 3.05) is 0 Å². The molecule has 9 heteroatoms. The Bertz CT molecular complexity index is 1240. The molecular weight excluding hydrogens is 446 g/mol. The zero-order valence-electron chi connectivity index (χ0n) is 17.3. The van der Waals surface area contributed by atoms with Gasteiger partial charge >= 0.3 is 0 Å². The van der Waals surface area contributed by atoms with Gasteiger partial charge in [0.2, 0.25) is 5.95 Å². The standard InChI is InChI=1S/C24H20F2N4O2S/c25-18-10-8-16(9-11-18)23(21-7-1-5-19(30-21)15-29-33(31)32)22(17-4-2-12-27-14-17)20-6-3-13-28-24(20)26/h1-14,22-23,29H,15H2,(H,31,32)/p-1. The maximum absolute atomic E-state index is 15.0. The van der Waals surface area contributed by atoms with Gasteiger partial charge in [-0.15, -0.1) is 0 Å². The fourth-order valence-electron chi connectivity index (χ4n) is 3.85. The third-order valence-electron chi connectivity index (χ3n) is 5.25. The van der Waals surface area contributed by atoms with Crippen molar-refractivity contribution < 1.29 is 17.5 Å². The summed E-state index contributed by atoms with van der Waals surface area (Å²) < 4.78 is 52.9. The number of hydrogen-bond acceptors (Lipinski definition) is 5. The van der Waals surface area contributed by atoms with Crippen molar-refractivity contribution in [3.8, 4) is 0 Å². The van der Waals surface area contributed by atoms with Crippen LogP contribution in [0, 0.1) is 11.8 Å². The van der Waals surface area contributed by atoms with Gasteiger partial charge in [-0.05, 0) is 47.5 Å². The van der Waals surface area contributed by atoms with Crippen molar-refractivity contribution in [2.45, 2.75) is 18.4 Å². The SMILES string of the molecule is O=S([O-])NCc1cccc(C(c2ccc(F)cc2)C(c2cccnc2)c2cccnc2F)n1. The molecule has 0 aliphatic heterocycles. The van der Waals surface area contributed by atoms with Gasteiger partial charge in [0, 0.05) is 59.5 Å². The minimum atomic E-state index is -2.44. The summed E-state index contributed by atoms with van der Waals surface area (Å²) in [5.74, 6) is -2.14. The fraction of sp³-hybridized carbons (Fsp3) is 0.125. The monoisotopic (exact) mass is 465 g/mol. The summed E-state index contributed by atoms with van der Waals surface area (Å²) in [5, 5.41) is 0. The lowest BCUT2D eigenvalue weighted by Gasteiger charge is -2.28. The molecule has 0 spiro atoms. The number of nitrogens with one attached hydrogen (secondary N) is 1. The van der Waals surface area contributed by atoms with Crippen LogP contribution >= 0.6 is 0 Å². The Labute approximate surface area is 192 Å². The van der Waals surface area contributed by atoms with Gasteiger partial charge in [-0.2, -0.15) is 4.39 Å². The van der Waals surface area contributed by atoms with Crippen molar-refractivity contribution in [3.05, 3.63) is 125 Å². The number of aromatic nitrogens is 3. The first-order chi connectivity index (χ1) is 16.0. The molecule has 0 aliphatic rings. The Morgan fingerprint density at radius 1 is 0.909 bits per heavy atom. The molecule has 33 heavy (non-hydrogen) atoms. The van der Waals surface area contributed by atoms with Crippen LogP contribution in [0.15, 0.2) is 85.3 Å². The van der Waals surface area contributed by atoms with Crippen molar-refractivity contribution in [1.29, 1.82) is 0 Å². The van der Waals surface area contributed by atoms with E-state index >= 15 is 0 Å². The quantitative estimate of drug-likeness (QED) is 0.314. The zero-order valence-corrected chi connectivity index (χ0v) is 18.1. The average Bonchev–Trinajstić information content (AvgIpc) is 2.83. The summed E-state index contributed by atoms with van der Waals surface area (Å²) in [6, 6.07) is 18.1. The second-order valence-electron chi connectivity index (χ2n) is 7.29. The number of pyridine rings is 3. The number of hydrogen-bond donors (Lipinski definition) is 1. The first kappa shape index (κ1) is 22.8. The molecule has 4 rings (SSSR count). The van der Waals surface area contributed by atoms with E-state index in [1.807, 2.05) is 6.07 Å². The predicted octanol–water partition coefficient (Wildman–Crippen LogP) is 4.00. The molecule has 168 valence electrons. The highest BCUT2D eigenvalue weighted by Crippen LogP contribution is 2.42. The molecule has 3 atom stereocenters. The van der Waals surface area contributed by atoms with Gasteiger partial charge in [0.25, 0.3) is 0 Å². The van der Waals surface area contributed by atoms with E-state index in [9.17, 15) is 17.5 Å². The minimum absolute atomic E-state index is 0.00109. The highest BCUT2D eigenvalue weighted by Gasteiger charge is 2.32. The van der Waals surface area contributed by atoms with Crippen molar-refractivity contribution in [1.82, 2.24) is 19.7 Å². The zero-order chi connectivity index (χ0) is 23.2. The normalized spacial score (nSPS) is 13.9. The highest BCUT2D eigenvalue weighted by molar-refractivity contribution is 7.77. The van der Waals surface area contributed by atoms with E-state index in [4.69, 9.17) is 0 Å². The van der Waals surface area contributed by atoms with E-state index in [2.05, 4.69) is 19.7 Å². The topological polar surface area (TPSA) is 90.8 Å². The van der Waals surface area contributed by atoms with E-state index in [-0.39, 0.29) is 6.54 Å². The first-order valence-corrected chi connectivity index (χ1v) is 11.1. The lowest BCUT2D eigenvalue weighted by atomic mass is 9.76. The summed E-state index contributed by atoms with van der Waals surface area (Å²) in [5.41, 5.74) is 2.82. The molecule has 4 aromatic rings. The minimum Gasteiger partial charge on any atom is -0.760 e. The van der Waals surface area contributed by atoms with Crippen LogP contribution in [-0.4, -0.2) is 23.7 Å². The van der Waals surface area contributed by atoms with Crippen molar-refractivity contribution in [2.24, 2.45) is 0 Å². The van der Waals surface area contributed by atoms with Gasteiger partial charge in [-0.1, -0.05) is 30.3 Å². The molecule has 3 aromatic heterocycles. The largest absolute Gasteiger partial charge is 0.760 e. The molecular formula is C24H19F2N4O2S-. The van der Waals surface area contributed by atoms with Gasteiger partial charge in [-0.3, -0.25) is 14.2 Å². The van der Waals surface area contributed by atoms with E-state index in [0.717, 1.165) is 5.56 Å². The van der Waals surface area contributed by atoms with Gasteiger partial charge in [0.15, 0.2) is 0 Å². The molecule has 0 fully saturated rings. The Morgan fingerprint density at radius 3 is 2.39 bits per heavy atom. The molecule has 0 saturated carbocycles. The number of rotatable bonds is 8. The predicted molar refractivity (Wildman–Crippen MR) is 119 cm³/mol. The Hall–Kier alpha value is -3.40. The van der Waals surface area contributed by atoms with Gasteiger partial charge < -0.3 is 4.55 Å². The lowest BCUT2D eigenvalue weighted by molar-refractivity contribution is 0.521. The van der Waals surface area contributed by atoms with Crippen LogP contribution in [0.1, 0.15) is 39.9 Å². The summed E-state index contributed by atoms with van der Waals surface area (Å²) in [7, 11) is 0. The van der Waals surface area contributed by atoms with E-state index in [0.29, 0.717) is 22.5 Å². The molecule has 3 unspecified atom stereocenters. The van der Waals surface area contributed by atoms with Crippen LogP contribution in [0.5, 0.6) is 0 Å². The lowest BCUT2D eigenvalue weighted by Crippen LogP contribution is -2.20. The number of halogens is 2. The molecule has 0 bridgehead atoms. The Balaban J connectivity index is 1.91. The van der Waals surface area contributed by atoms with E-state index in [1.165, 1.54) is 18.3 Å². The van der Waals surface area contributed by atoms with Gasteiger partial charge in [-0.25, -0.2) is 14.1 Å². The Kier molecular flexibility index (Phi) is 7.23. The van der Waals surface area contributed by atoms with Gasteiger partial charge in [0.05, 0.1) is 5.69 Å². The second kappa shape index (κ2) is 10.5. The maximum atomic E-state index is 15.0. The average molecular weight is 466 g/mol. The number of nitrogens with zero attached hydrogens (tertiary/aromatic N) is 3. The molecule has 0 saturated heterocycles. The highest BCUT2D eigenvalue weighted by atomic mass is 32.2. The van der Waals surface area contributed by atoms with Crippen LogP contribution in [0.2, 0.25) is 0 Å². The molecule has 6 nitrogen and oxygen atoms in total. The second-order valence-corrected chi connectivity index (χ2v) is 8.04. The molecule has 0 radical (unpaired) electrons. The fourth-order valence-corrected chi connectivity index (χ4v) is 4.11. The van der Waals surface area contributed by atoms with Crippen LogP contribution in [0.3, 0.4) is 0 Å². The van der Waals surface area contributed by atoms with Crippen LogP contribution in [0.4, 0.5) is 8.78 Å². The first-order valence-electron chi connectivity index (χ1n) is 10.1. The maximum Gasteiger partial charge on any atom is 0.216 e. The summed E-state index contributed by atoms with van der Waals surface area (Å²) in [6.07, 6.45) is 4.65. The molecule has 1 aromatic carbocycles. The smallest absolute Gasteiger partial charge is 0.216 e. The number of benzene rings is 1. The van der Waals surface area contributed by atoms with Crippen molar-refractivity contribution in [3.63, 3.8) is 0 Å². The van der Waals surface area contributed by atoms with Crippen LogP contribution < -0.4 is 4.72 Å². The third-order valence-corrected chi connectivity index (χ3v) is 5.63. The summed E-state index contributed by atoms with van der Waals surface area (Å²) in [6.45, 7) is -0.00109. The molecule has 3 heterocycles. The van der Waals surface area contributed by atoms with Crippen LogP contribution in [-0.2, 0) is 17.8 Å².